The van der Waals surface area contributed by atoms with Gasteiger partial charge in [-0.05, 0) is 37.3 Å². The van der Waals surface area contributed by atoms with Crippen LogP contribution >= 0.6 is 0 Å². The first-order chi connectivity index (χ1) is 13.0. The molecule has 2 N–H and O–H groups in total. The molecule has 2 amide bonds. The fourth-order valence-corrected chi connectivity index (χ4v) is 3.00. The molecule has 0 spiro atoms. The molecule has 0 aliphatic carbocycles. The van der Waals surface area contributed by atoms with Crippen LogP contribution in [0, 0.1) is 0 Å². The molecule has 0 fully saturated rings. The van der Waals surface area contributed by atoms with Gasteiger partial charge in [0, 0.05) is 10.9 Å². The summed E-state index contributed by atoms with van der Waals surface area (Å²) in [4.78, 5) is 23.9. The number of carbonyl (C=O) groups is 2. The largest absolute Gasteiger partial charge is 0.493 e. The van der Waals surface area contributed by atoms with Crippen molar-refractivity contribution in [3.63, 3.8) is 0 Å². The third-order valence-corrected chi connectivity index (χ3v) is 4.40. The summed E-state index contributed by atoms with van der Waals surface area (Å²) < 4.78 is 16.5. The maximum absolute atomic E-state index is 12.6. The number of rotatable bonds is 4. The maximum Gasteiger partial charge on any atom is 0.262 e. The number of hydrogen-bond donors (Lipinski definition) is 2. The highest BCUT2D eigenvalue weighted by molar-refractivity contribution is 5.99. The van der Waals surface area contributed by atoms with Crippen molar-refractivity contribution in [2.75, 3.05) is 19.0 Å². The quantitative estimate of drug-likeness (QED) is 0.740. The van der Waals surface area contributed by atoms with Gasteiger partial charge in [-0.3, -0.25) is 9.59 Å². The molecule has 0 unspecified atom stereocenters. The van der Waals surface area contributed by atoms with Crippen molar-refractivity contribution in [1.82, 2.24) is 5.32 Å². The molecule has 2 heterocycles. The summed E-state index contributed by atoms with van der Waals surface area (Å²) in [5.41, 5.74) is 1.64. The number of ether oxygens (including phenoxy) is 2. The fraction of sp³-hybridized carbons (Fsp3) is 0.200. The van der Waals surface area contributed by atoms with Crippen molar-refractivity contribution >= 4 is 28.5 Å². The van der Waals surface area contributed by atoms with Crippen molar-refractivity contribution in [2.45, 2.75) is 13.0 Å². The van der Waals surface area contributed by atoms with E-state index in [2.05, 4.69) is 10.6 Å². The number of fused-ring (bicyclic) bond motifs is 2. The molecule has 3 aromatic rings. The molecule has 2 aromatic carbocycles. The molecule has 1 aliphatic rings. The summed E-state index contributed by atoms with van der Waals surface area (Å²) >= 11 is 0. The second-order valence-electron chi connectivity index (χ2n) is 6.27. The Morgan fingerprint density at radius 3 is 2.93 bits per heavy atom. The minimum absolute atomic E-state index is 0.0602. The molecule has 7 nitrogen and oxygen atoms in total. The van der Waals surface area contributed by atoms with Crippen LogP contribution < -0.4 is 20.1 Å². The lowest BCUT2D eigenvalue weighted by atomic mass is 10.1. The number of methoxy groups -OCH3 is 1. The van der Waals surface area contributed by atoms with E-state index in [1.54, 1.807) is 25.3 Å². The van der Waals surface area contributed by atoms with E-state index in [0.29, 0.717) is 34.1 Å². The average Bonchev–Trinajstić information content (AvgIpc) is 3.12. The van der Waals surface area contributed by atoms with Crippen molar-refractivity contribution in [2.24, 2.45) is 0 Å². The van der Waals surface area contributed by atoms with E-state index < -0.39 is 0 Å². The Hall–Kier alpha value is -3.48. The molecule has 4 rings (SSSR count). The molecule has 0 bridgehead atoms. The predicted molar refractivity (Wildman–Crippen MR) is 99.2 cm³/mol. The highest BCUT2D eigenvalue weighted by atomic mass is 16.5. The highest BCUT2D eigenvalue weighted by Crippen LogP contribution is 2.31. The van der Waals surface area contributed by atoms with Crippen LogP contribution in [0.15, 0.2) is 46.9 Å². The number of furan rings is 1. The van der Waals surface area contributed by atoms with E-state index in [0.717, 1.165) is 5.39 Å². The van der Waals surface area contributed by atoms with Crippen LogP contribution in [0.25, 0.3) is 11.0 Å². The lowest BCUT2D eigenvalue weighted by Gasteiger charge is -2.18. The zero-order valence-electron chi connectivity index (χ0n) is 14.9. The Morgan fingerprint density at radius 1 is 1.26 bits per heavy atom. The second kappa shape index (κ2) is 6.68. The molecule has 138 valence electrons. The van der Waals surface area contributed by atoms with Crippen LogP contribution in [-0.4, -0.2) is 25.5 Å². The van der Waals surface area contributed by atoms with Crippen molar-refractivity contribution in [3.05, 3.63) is 53.8 Å². The van der Waals surface area contributed by atoms with Crippen LogP contribution in [0.3, 0.4) is 0 Å². The lowest BCUT2D eigenvalue weighted by molar-refractivity contribution is -0.118. The molecular formula is C20H18N2O5. The molecule has 7 heteroatoms. The zero-order chi connectivity index (χ0) is 19.0. The molecule has 1 aliphatic heterocycles. The minimum Gasteiger partial charge on any atom is -0.493 e. The normalized spacial score (nSPS) is 14.1. The first-order valence-corrected chi connectivity index (χ1v) is 8.49. The molecule has 27 heavy (non-hydrogen) atoms. The van der Waals surface area contributed by atoms with Gasteiger partial charge in [-0.1, -0.05) is 12.1 Å². The van der Waals surface area contributed by atoms with Crippen molar-refractivity contribution in [1.29, 1.82) is 0 Å². The van der Waals surface area contributed by atoms with Gasteiger partial charge in [0.1, 0.15) is 11.5 Å². The Morgan fingerprint density at radius 2 is 2.11 bits per heavy atom. The van der Waals surface area contributed by atoms with Crippen LogP contribution in [0.5, 0.6) is 11.5 Å². The van der Waals surface area contributed by atoms with Gasteiger partial charge in [0.2, 0.25) is 0 Å². The number of hydrogen-bond acceptors (Lipinski definition) is 5. The maximum atomic E-state index is 12.6. The number of benzene rings is 2. The third-order valence-electron chi connectivity index (χ3n) is 4.40. The summed E-state index contributed by atoms with van der Waals surface area (Å²) in [5.74, 6) is 1.27. The molecule has 1 atom stereocenters. The summed E-state index contributed by atoms with van der Waals surface area (Å²) in [6.45, 7) is 1.78. The van der Waals surface area contributed by atoms with Gasteiger partial charge in [-0.25, -0.2) is 0 Å². The fourth-order valence-electron chi connectivity index (χ4n) is 3.00. The topological polar surface area (TPSA) is 89.8 Å². The van der Waals surface area contributed by atoms with Crippen molar-refractivity contribution in [3.8, 4) is 11.5 Å². The Labute approximate surface area is 155 Å². The van der Waals surface area contributed by atoms with Gasteiger partial charge in [-0.2, -0.15) is 0 Å². The highest BCUT2D eigenvalue weighted by Gasteiger charge is 2.20. The van der Waals surface area contributed by atoms with Crippen molar-refractivity contribution < 1.29 is 23.5 Å². The van der Waals surface area contributed by atoms with Crippen LogP contribution in [0.2, 0.25) is 0 Å². The van der Waals surface area contributed by atoms with E-state index in [1.165, 1.54) is 0 Å². The number of para-hydroxylation sites is 1. The van der Waals surface area contributed by atoms with E-state index in [-0.39, 0.29) is 24.5 Å². The zero-order valence-corrected chi connectivity index (χ0v) is 14.9. The van der Waals surface area contributed by atoms with E-state index in [4.69, 9.17) is 13.9 Å². The molecule has 1 aromatic heterocycles. The van der Waals surface area contributed by atoms with Gasteiger partial charge in [0.05, 0.1) is 18.8 Å². The van der Waals surface area contributed by atoms with Gasteiger partial charge >= 0.3 is 0 Å². The van der Waals surface area contributed by atoms with Gasteiger partial charge < -0.3 is 24.5 Å². The Kier molecular flexibility index (Phi) is 4.19. The summed E-state index contributed by atoms with van der Waals surface area (Å²) in [6, 6.07) is 12.1. The van der Waals surface area contributed by atoms with Gasteiger partial charge in [0.25, 0.3) is 11.8 Å². The molecule has 0 saturated carbocycles. The molecule has 0 radical (unpaired) electrons. The van der Waals surface area contributed by atoms with Crippen LogP contribution in [0.4, 0.5) is 5.69 Å². The van der Waals surface area contributed by atoms with Gasteiger partial charge in [0.15, 0.2) is 17.9 Å². The standard InChI is InChI=1S/C20H18N2O5/c1-11(16-8-12-4-3-5-15(25-2)19(12)27-16)21-20(24)13-6-7-14-17(9-13)26-10-18(23)22-14/h3-9,11H,10H2,1-2H3,(H,21,24)(H,22,23)/t11-/m1/s1. The summed E-state index contributed by atoms with van der Waals surface area (Å²) in [6.07, 6.45) is 0. The summed E-state index contributed by atoms with van der Waals surface area (Å²) in [5, 5.41) is 6.51. The second-order valence-corrected chi connectivity index (χ2v) is 6.27. The number of anilines is 1. The summed E-state index contributed by atoms with van der Waals surface area (Å²) in [7, 11) is 1.59. The lowest BCUT2D eigenvalue weighted by Crippen LogP contribution is -2.28. The first-order valence-electron chi connectivity index (χ1n) is 8.49. The van der Waals surface area contributed by atoms with E-state index >= 15 is 0 Å². The van der Waals surface area contributed by atoms with Gasteiger partial charge in [-0.15, -0.1) is 0 Å². The number of carbonyl (C=O) groups excluding carboxylic acids is 2. The Bertz CT molecular complexity index is 1040. The SMILES string of the molecule is COc1cccc2cc([C@@H](C)NC(=O)c3ccc4c(c3)OCC(=O)N4)oc12. The number of amides is 2. The first kappa shape index (κ1) is 17.0. The number of nitrogens with one attached hydrogen (secondary N) is 2. The van der Waals surface area contributed by atoms with Crippen LogP contribution in [-0.2, 0) is 4.79 Å². The average molecular weight is 366 g/mol. The van der Waals surface area contributed by atoms with E-state index in [1.807, 2.05) is 31.2 Å². The third kappa shape index (κ3) is 3.19. The monoisotopic (exact) mass is 366 g/mol. The van der Waals surface area contributed by atoms with E-state index in [9.17, 15) is 9.59 Å². The predicted octanol–water partition coefficient (Wildman–Crippen LogP) is 3.26. The Balaban J connectivity index is 1.53. The molecule has 0 saturated heterocycles. The smallest absolute Gasteiger partial charge is 0.262 e. The minimum atomic E-state index is -0.341. The molecular weight excluding hydrogens is 348 g/mol. The van der Waals surface area contributed by atoms with Crippen LogP contribution in [0.1, 0.15) is 29.1 Å².